The summed E-state index contributed by atoms with van der Waals surface area (Å²) in [4.78, 5) is 23.4. The number of thioether (sulfide) groups is 1. The van der Waals surface area contributed by atoms with Gasteiger partial charge >= 0.3 is 0 Å². The Kier molecular flexibility index (Phi) is 7.00. The van der Waals surface area contributed by atoms with E-state index in [0.29, 0.717) is 15.9 Å². The maximum Gasteiger partial charge on any atom is 0.234 e. The van der Waals surface area contributed by atoms with Crippen molar-refractivity contribution in [2.75, 3.05) is 16.4 Å². The van der Waals surface area contributed by atoms with Crippen molar-refractivity contribution in [2.45, 2.75) is 24.1 Å². The van der Waals surface area contributed by atoms with Gasteiger partial charge in [-0.2, -0.15) is 0 Å². The first kappa shape index (κ1) is 17.9. The van der Waals surface area contributed by atoms with E-state index in [2.05, 4.69) is 36.8 Å². The average molecular weight is 415 g/mol. The summed E-state index contributed by atoms with van der Waals surface area (Å²) in [5.41, 5.74) is 0.739. The summed E-state index contributed by atoms with van der Waals surface area (Å²) >= 11 is 5.89. The first-order valence-corrected chi connectivity index (χ1v) is 9.48. The highest BCUT2D eigenvalue weighted by Gasteiger charge is 2.10. The third kappa shape index (κ3) is 6.28. The van der Waals surface area contributed by atoms with Crippen LogP contribution in [0.5, 0.6) is 0 Å². The lowest BCUT2D eigenvalue weighted by Crippen LogP contribution is -2.13. The highest BCUT2D eigenvalue weighted by Crippen LogP contribution is 2.25. The summed E-state index contributed by atoms with van der Waals surface area (Å²) in [6, 6.07) is 7.36. The molecule has 0 unspecified atom stereocenters. The summed E-state index contributed by atoms with van der Waals surface area (Å²) in [6.45, 7) is 1.94. The summed E-state index contributed by atoms with van der Waals surface area (Å²) in [7, 11) is 0. The summed E-state index contributed by atoms with van der Waals surface area (Å²) in [5, 5.41) is 13.8. The van der Waals surface area contributed by atoms with E-state index in [0.717, 1.165) is 16.6 Å². The number of carbonyl (C=O) groups excluding carboxylic acids is 2. The van der Waals surface area contributed by atoms with Crippen molar-refractivity contribution in [2.24, 2.45) is 0 Å². The van der Waals surface area contributed by atoms with Crippen LogP contribution < -0.4 is 10.6 Å². The highest BCUT2D eigenvalue weighted by molar-refractivity contribution is 9.10. The Bertz CT molecular complexity index is 676. The molecule has 0 saturated carbocycles. The molecule has 0 radical (unpaired) electrons. The van der Waals surface area contributed by atoms with Gasteiger partial charge in [0.15, 0.2) is 4.34 Å². The Morgan fingerprint density at radius 3 is 2.61 bits per heavy atom. The highest BCUT2D eigenvalue weighted by atomic mass is 79.9. The molecule has 0 aliphatic heterocycles. The fourth-order valence-electron chi connectivity index (χ4n) is 1.59. The minimum Gasteiger partial charge on any atom is -0.325 e. The van der Waals surface area contributed by atoms with Crippen LogP contribution in [0.25, 0.3) is 0 Å². The van der Waals surface area contributed by atoms with Gasteiger partial charge in [0.05, 0.1) is 5.75 Å². The largest absolute Gasteiger partial charge is 0.325 e. The number of amides is 2. The zero-order valence-electron chi connectivity index (χ0n) is 12.3. The van der Waals surface area contributed by atoms with Crippen molar-refractivity contribution in [1.29, 1.82) is 0 Å². The molecule has 1 aromatic carbocycles. The van der Waals surface area contributed by atoms with Crippen LogP contribution in [-0.4, -0.2) is 27.8 Å². The van der Waals surface area contributed by atoms with Gasteiger partial charge in [-0.05, 0) is 30.7 Å². The second-order valence-corrected chi connectivity index (χ2v) is 7.63. The third-order valence-corrected chi connectivity index (χ3v) is 5.09. The van der Waals surface area contributed by atoms with Gasteiger partial charge in [0.1, 0.15) is 0 Å². The molecular weight excluding hydrogens is 400 g/mol. The van der Waals surface area contributed by atoms with Crippen molar-refractivity contribution < 1.29 is 9.59 Å². The van der Waals surface area contributed by atoms with E-state index in [1.807, 2.05) is 31.2 Å². The normalized spacial score (nSPS) is 10.3. The van der Waals surface area contributed by atoms with Crippen LogP contribution in [-0.2, 0) is 9.59 Å². The fourth-order valence-corrected chi connectivity index (χ4v) is 3.42. The number of carbonyl (C=O) groups is 2. The number of benzene rings is 1. The number of anilines is 2. The molecular formula is C14H15BrN4O2S2. The molecule has 0 aliphatic rings. The molecule has 0 aliphatic carbocycles. The molecule has 0 atom stereocenters. The maximum atomic E-state index is 11.9. The minimum absolute atomic E-state index is 0.0758. The number of hydrogen-bond acceptors (Lipinski definition) is 6. The van der Waals surface area contributed by atoms with Gasteiger partial charge in [-0.15, -0.1) is 10.2 Å². The Morgan fingerprint density at radius 2 is 1.91 bits per heavy atom. The van der Waals surface area contributed by atoms with Crippen LogP contribution >= 0.6 is 39.0 Å². The van der Waals surface area contributed by atoms with E-state index in [9.17, 15) is 9.59 Å². The van der Waals surface area contributed by atoms with E-state index in [-0.39, 0.29) is 17.6 Å². The zero-order chi connectivity index (χ0) is 16.7. The number of hydrogen-bond donors (Lipinski definition) is 2. The first-order chi connectivity index (χ1) is 11.1. The molecule has 1 aromatic heterocycles. The smallest absolute Gasteiger partial charge is 0.234 e. The lowest BCUT2D eigenvalue weighted by molar-refractivity contribution is -0.116. The van der Waals surface area contributed by atoms with Gasteiger partial charge in [0.2, 0.25) is 16.9 Å². The third-order valence-electron chi connectivity index (χ3n) is 2.58. The SMILES string of the molecule is CCCC(=O)Nc1nnc(SCC(=O)Nc2ccc(Br)cc2)s1. The molecule has 23 heavy (non-hydrogen) atoms. The molecule has 2 aromatic rings. The lowest BCUT2D eigenvalue weighted by atomic mass is 10.3. The van der Waals surface area contributed by atoms with E-state index in [4.69, 9.17) is 0 Å². The molecule has 6 nitrogen and oxygen atoms in total. The minimum atomic E-state index is -0.121. The van der Waals surface area contributed by atoms with Crippen molar-refractivity contribution in [1.82, 2.24) is 10.2 Å². The topological polar surface area (TPSA) is 84.0 Å². The van der Waals surface area contributed by atoms with Crippen molar-refractivity contribution in [3.63, 3.8) is 0 Å². The van der Waals surface area contributed by atoms with Crippen LogP contribution in [0.4, 0.5) is 10.8 Å². The number of nitrogens with one attached hydrogen (secondary N) is 2. The number of rotatable bonds is 7. The maximum absolute atomic E-state index is 11.9. The second-order valence-electron chi connectivity index (χ2n) is 4.52. The summed E-state index contributed by atoms with van der Waals surface area (Å²) < 4.78 is 1.60. The zero-order valence-corrected chi connectivity index (χ0v) is 15.6. The van der Waals surface area contributed by atoms with Crippen LogP contribution in [0.1, 0.15) is 19.8 Å². The van der Waals surface area contributed by atoms with Gasteiger partial charge in [0.25, 0.3) is 0 Å². The predicted octanol–water partition coefficient (Wildman–Crippen LogP) is 3.77. The Morgan fingerprint density at radius 1 is 1.17 bits per heavy atom. The molecule has 122 valence electrons. The van der Waals surface area contributed by atoms with Gasteiger partial charge < -0.3 is 10.6 Å². The predicted molar refractivity (Wildman–Crippen MR) is 96.9 cm³/mol. The average Bonchev–Trinajstić information content (AvgIpc) is 2.95. The van der Waals surface area contributed by atoms with Crippen molar-refractivity contribution in [3.8, 4) is 0 Å². The monoisotopic (exact) mass is 414 g/mol. The lowest BCUT2D eigenvalue weighted by Gasteiger charge is -2.03. The van der Waals surface area contributed by atoms with Gasteiger partial charge in [0, 0.05) is 16.6 Å². The van der Waals surface area contributed by atoms with Crippen LogP contribution in [0.3, 0.4) is 0 Å². The molecule has 9 heteroatoms. The first-order valence-electron chi connectivity index (χ1n) is 6.88. The molecule has 2 rings (SSSR count). The number of aromatic nitrogens is 2. The van der Waals surface area contributed by atoms with Crippen molar-refractivity contribution >= 4 is 61.7 Å². The Balaban J connectivity index is 1.79. The Hall–Kier alpha value is -1.45. The van der Waals surface area contributed by atoms with Crippen LogP contribution in [0.2, 0.25) is 0 Å². The molecule has 0 fully saturated rings. The Labute approximate surface area is 150 Å². The van der Waals surface area contributed by atoms with Gasteiger partial charge in [-0.3, -0.25) is 9.59 Å². The van der Waals surface area contributed by atoms with E-state index < -0.39 is 0 Å². The van der Waals surface area contributed by atoms with E-state index in [1.165, 1.54) is 23.1 Å². The molecule has 1 heterocycles. The quantitative estimate of drug-likeness (QED) is 0.531. The standard InChI is InChI=1S/C14H15BrN4O2S2/c1-2-3-11(20)17-13-18-19-14(23-13)22-8-12(21)16-10-6-4-9(15)5-7-10/h4-7H,2-3,8H2,1H3,(H,16,21)(H,17,18,20). The number of nitrogens with zero attached hydrogens (tertiary/aromatic N) is 2. The molecule has 0 bridgehead atoms. The fraction of sp³-hybridized carbons (Fsp3) is 0.286. The van der Waals surface area contributed by atoms with Gasteiger partial charge in [-0.1, -0.05) is 46.0 Å². The van der Waals surface area contributed by atoms with E-state index in [1.54, 1.807) is 0 Å². The van der Waals surface area contributed by atoms with Gasteiger partial charge in [-0.25, -0.2) is 0 Å². The molecule has 0 spiro atoms. The molecule has 2 amide bonds. The molecule has 0 saturated heterocycles. The van der Waals surface area contributed by atoms with Crippen LogP contribution in [0, 0.1) is 0 Å². The van der Waals surface area contributed by atoms with Crippen LogP contribution in [0.15, 0.2) is 33.1 Å². The van der Waals surface area contributed by atoms with E-state index >= 15 is 0 Å². The summed E-state index contributed by atoms with van der Waals surface area (Å²) in [6.07, 6.45) is 1.24. The van der Waals surface area contributed by atoms with Crippen molar-refractivity contribution in [3.05, 3.63) is 28.7 Å². The molecule has 2 N–H and O–H groups in total. The number of halogens is 1. The second kappa shape index (κ2) is 8.99. The summed E-state index contributed by atoms with van der Waals surface area (Å²) in [5.74, 6) is 0.0328.